The number of hydrogen-bond donors (Lipinski definition) is 0. The molecule has 0 spiro atoms. The first-order chi connectivity index (χ1) is 7.44. The van der Waals surface area contributed by atoms with Crippen molar-refractivity contribution in [3.8, 4) is 0 Å². The second-order valence-corrected chi connectivity index (χ2v) is 6.15. The Bertz CT molecular complexity index is 515. The third-order valence-corrected chi connectivity index (χ3v) is 2.76. The van der Waals surface area contributed by atoms with Gasteiger partial charge >= 0.3 is 0 Å². The lowest BCUT2D eigenvalue weighted by atomic mass is 9.91. The summed E-state index contributed by atoms with van der Waals surface area (Å²) in [5, 5.41) is 0. The maximum Gasteiger partial charge on any atom is 0.0901 e. The zero-order valence-corrected chi connectivity index (χ0v) is 11.4. The minimum atomic E-state index is 0.244. The lowest BCUT2D eigenvalue weighted by molar-refractivity contribution is 0.406. The Morgan fingerprint density at radius 3 is 2.62 bits per heavy atom. The lowest BCUT2D eigenvalue weighted by Gasteiger charge is -2.17. The second-order valence-electron chi connectivity index (χ2n) is 5.23. The van der Waals surface area contributed by atoms with Gasteiger partial charge in [0.1, 0.15) is 0 Å². The molecule has 0 bridgehead atoms. The van der Waals surface area contributed by atoms with Crippen molar-refractivity contribution in [3.63, 3.8) is 0 Å². The highest BCUT2D eigenvalue weighted by Crippen LogP contribution is 2.21. The molecule has 0 fully saturated rings. The summed E-state index contributed by atoms with van der Waals surface area (Å²) in [5.41, 5.74) is 3.20. The van der Waals surface area contributed by atoms with E-state index in [2.05, 4.69) is 46.7 Å². The Hall–Kier alpha value is -0.960. The molecule has 0 amide bonds. The van der Waals surface area contributed by atoms with Crippen LogP contribution in [0.5, 0.6) is 0 Å². The molecule has 0 atom stereocenters. The van der Waals surface area contributed by atoms with Gasteiger partial charge in [-0.15, -0.1) is 0 Å². The Morgan fingerprint density at radius 1 is 1.19 bits per heavy atom. The molecule has 2 nitrogen and oxygen atoms in total. The van der Waals surface area contributed by atoms with E-state index in [1.54, 1.807) is 0 Å². The van der Waals surface area contributed by atoms with Crippen molar-refractivity contribution in [3.05, 3.63) is 34.6 Å². The zero-order valence-electron chi connectivity index (χ0n) is 9.79. The Balaban J connectivity index is 2.43. The summed E-state index contributed by atoms with van der Waals surface area (Å²) in [6.45, 7) is 6.62. The van der Waals surface area contributed by atoms with Gasteiger partial charge in [0.15, 0.2) is 0 Å². The summed E-state index contributed by atoms with van der Waals surface area (Å²) >= 11 is 3.45. The molecule has 0 N–H and O–H groups in total. The monoisotopic (exact) mass is 278 g/mol. The van der Waals surface area contributed by atoms with Crippen molar-refractivity contribution >= 4 is 27.0 Å². The molecule has 0 unspecified atom stereocenters. The summed E-state index contributed by atoms with van der Waals surface area (Å²) in [7, 11) is 0. The highest BCUT2D eigenvalue weighted by Gasteiger charge is 2.12. The van der Waals surface area contributed by atoms with E-state index in [0.717, 1.165) is 27.6 Å². The van der Waals surface area contributed by atoms with Gasteiger partial charge in [-0.2, -0.15) is 0 Å². The van der Waals surface area contributed by atoms with Crippen LogP contribution in [0.15, 0.2) is 28.9 Å². The zero-order chi connectivity index (χ0) is 11.8. The van der Waals surface area contributed by atoms with E-state index in [9.17, 15) is 0 Å². The SMILES string of the molecule is CC(C)(C)Cc1cnc2ccc(Br)cc2n1. The van der Waals surface area contributed by atoms with E-state index in [0.29, 0.717) is 0 Å². The van der Waals surface area contributed by atoms with Crippen molar-refractivity contribution in [2.75, 3.05) is 0 Å². The largest absolute Gasteiger partial charge is 0.253 e. The fourth-order valence-electron chi connectivity index (χ4n) is 1.65. The Kier molecular flexibility index (Phi) is 2.98. The highest BCUT2D eigenvalue weighted by molar-refractivity contribution is 9.10. The van der Waals surface area contributed by atoms with Gasteiger partial charge < -0.3 is 0 Å². The maximum absolute atomic E-state index is 4.63. The summed E-state index contributed by atoms with van der Waals surface area (Å²) in [4.78, 5) is 9.05. The van der Waals surface area contributed by atoms with Gasteiger partial charge in [0.25, 0.3) is 0 Å². The van der Waals surface area contributed by atoms with Crippen LogP contribution in [-0.4, -0.2) is 9.97 Å². The van der Waals surface area contributed by atoms with Gasteiger partial charge in [-0.05, 0) is 30.0 Å². The van der Waals surface area contributed by atoms with Gasteiger partial charge in [-0.25, -0.2) is 4.98 Å². The molecule has 16 heavy (non-hydrogen) atoms. The quantitative estimate of drug-likeness (QED) is 0.789. The van der Waals surface area contributed by atoms with E-state index < -0.39 is 0 Å². The minimum absolute atomic E-state index is 0.244. The number of fused-ring (bicyclic) bond motifs is 1. The van der Waals surface area contributed by atoms with Gasteiger partial charge in [-0.3, -0.25) is 4.98 Å². The van der Waals surface area contributed by atoms with Crippen molar-refractivity contribution in [1.82, 2.24) is 9.97 Å². The van der Waals surface area contributed by atoms with E-state index in [1.807, 2.05) is 24.4 Å². The number of benzene rings is 1. The fraction of sp³-hybridized carbons (Fsp3) is 0.385. The summed E-state index contributed by atoms with van der Waals surface area (Å²) < 4.78 is 1.04. The van der Waals surface area contributed by atoms with Crippen LogP contribution in [0.1, 0.15) is 26.5 Å². The van der Waals surface area contributed by atoms with Crippen LogP contribution in [0, 0.1) is 5.41 Å². The number of aromatic nitrogens is 2. The van der Waals surface area contributed by atoms with E-state index in [4.69, 9.17) is 0 Å². The third-order valence-electron chi connectivity index (χ3n) is 2.27. The molecule has 0 radical (unpaired) electrons. The van der Waals surface area contributed by atoms with Gasteiger partial charge in [0.05, 0.1) is 16.7 Å². The average Bonchev–Trinajstić information content (AvgIpc) is 2.14. The number of halogens is 1. The molecule has 84 valence electrons. The Labute approximate surface area is 104 Å². The summed E-state index contributed by atoms with van der Waals surface area (Å²) in [6.07, 6.45) is 2.82. The van der Waals surface area contributed by atoms with Crippen LogP contribution in [0.25, 0.3) is 11.0 Å². The highest BCUT2D eigenvalue weighted by atomic mass is 79.9. The molecule has 2 aromatic rings. The van der Waals surface area contributed by atoms with Gasteiger partial charge in [0.2, 0.25) is 0 Å². The molecule has 0 saturated heterocycles. The van der Waals surface area contributed by atoms with Crippen molar-refractivity contribution < 1.29 is 0 Å². The normalized spacial score (nSPS) is 12.0. The maximum atomic E-state index is 4.63. The van der Waals surface area contributed by atoms with Gasteiger partial charge in [-0.1, -0.05) is 36.7 Å². The van der Waals surface area contributed by atoms with Crippen LogP contribution in [0.3, 0.4) is 0 Å². The van der Waals surface area contributed by atoms with E-state index >= 15 is 0 Å². The molecule has 3 heteroatoms. The van der Waals surface area contributed by atoms with Crippen LogP contribution >= 0.6 is 15.9 Å². The number of rotatable bonds is 1. The predicted octanol–water partition coefficient (Wildman–Crippen LogP) is 3.98. The van der Waals surface area contributed by atoms with Crippen LogP contribution < -0.4 is 0 Å². The summed E-state index contributed by atoms with van der Waals surface area (Å²) in [6, 6.07) is 5.97. The van der Waals surface area contributed by atoms with Crippen molar-refractivity contribution in [2.24, 2.45) is 5.41 Å². The molecule has 2 rings (SSSR count). The van der Waals surface area contributed by atoms with Crippen molar-refractivity contribution in [2.45, 2.75) is 27.2 Å². The molecular weight excluding hydrogens is 264 g/mol. The standard InChI is InChI=1S/C13H15BrN2/c1-13(2,3)7-10-8-15-11-5-4-9(14)6-12(11)16-10/h4-6,8H,7H2,1-3H3. The first kappa shape index (κ1) is 11.5. The first-order valence-electron chi connectivity index (χ1n) is 5.35. The lowest BCUT2D eigenvalue weighted by Crippen LogP contribution is -2.10. The average molecular weight is 279 g/mol. The molecule has 0 aliphatic carbocycles. The topological polar surface area (TPSA) is 25.8 Å². The summed E-state index contributed by atoms with van der Waals surface area (Å²) in [5.74, 6) is 0. The van der Waals surface area contributed by atoms with Crippen LogP contribution in [-0.2, 0) is 6.42 Å². The van der Waals surface area contributed by atoms with Crippen LogP contribution in [0.2, 0.25) is 0 Å². The molecule has 0 saturated carbocycles. The molecule has 0 aliphatic rings. The van der Waals surface area contributed by atoms with Crippen LogP contribution in [0.4, 0.5) is 0 Å². The molecule has 1 aromatic heterocycles. The smallest absolute Gasteiger partial charge is 0.0901 e. The molecular formula is C13H15BrN2. The van der Waals surface area contributed by atoms with Gasteiger partial charge in [0, 0.05) is 10.7 Å². The predicted molar refractivity (Wildman–Crippen MR) is 70.4 cm³/mol. The Morgan fingerprint density at radius 2 is 1.94 bits per heavy atom. The third kappa shape index (κ3) is 2.79. The van der Waals surface area contributed by atoms with E-state index in [1.165, 1.54) is 0 Å². The van der Waals surface area contributed by atoms with Crippen molar-refractivity contribution in [1.29, 1.82) is 0 Å². The second kappa shape index (κ2) is 4.13. The number of hydrogen-bond acceptors (Lipinski definition) is 2. The first-order valence-corrected chi connectivity index (χ1v) is 6.14. The molecule has 1 heterocycles. The number of nitrogens with zero attached hydrogens (tertiary/aromatic N) is 2. The molecule has 1 aromatic carbocycles. The fourth-order valence-corrected chi connectivity index (χ4v) is 2.00. The van der Waals surface area contributed by atoms with E-state index in [-0.39, 0.29) is 5.41 Å². The molecule has 0 aliphatic heterocycles. The minimum Gasteiger partial charge on any atom is -0.253 e.